The smallest absolute Gasteiger partial charge is 0.159 e. The Morgan fingerprint density at radius 1 is 1.41 bits per heavy atom. The molecule has 94 valence electrons. The number of carbonyl (C=O) groups excluding carboxylic acids is 1. The molecule has 0 saturated carbocycles. The van der Waals surface area contributed by atoms with Crippen molar-refractivity contribution in [1.82, 2.24) is 0 Å². The summed E-state index contributed by atoms with van der Waals surface area (Å²) < 4.78 is 10.4. The van der Waals surface area contributed by atoms with Crippen LogP contribution in [0.4, 0.5) is 0 Å². The molecule has 0 radical (unpaired) electrons. The highest BCUT2D eigenvalue weighted by Crippen LogP contribution is 2.13. The Hall–Kier alpha value is -1.39. The number of hydrogen-bond donors (Lipinski definition) is 1. The summed E-state index contributed by atoms with van der Waals surface area (Å²) in [6, 6.07) is 6.89. The van der Waals surface area contributed by atoms with E-state index in [0.717, 1.165) is 0 Å². The molecule has 0 aliphatic carbocycles. The number of rotatable bonds is 7. The Labute approximate surface area is 101 Å². The third-order valence-corrected chi connectivity index (χ3v) is 2.20. The van der Waals surface area contributed by atoms with E-state index in [0.29, 0.717) is 17.9 Å². The van der Waals surface area contributed by atoms with Crippen molar-refractivity contribution in [3.05, 3.63) is 29.8 Å². The van der Waals surface area contributed by atoms with Gasteiger partial charge in [0.2, 0.25) is 0 Å². The minimum atomic E-state index is -0.657. The van der Waals surface area contributed by atoms with E-state index in [-0.39, 0.29) is 19.0 Å². The number of carbonyl (C=O) groups is 1. The van der Waals surface area contributed by atoms with Gasteiger partial charge in [0.1, 0.15) is 18.5 Å². The van der Waals surface area contributed by atoms with E-state index in [2.05, 4.69) is 0 Å². The molecule has 4 nitrogen and oxygen atoms in total. The largest absolute Gasteiger partial charge is 0.491 e. The number of benzene rings is 1. The summed E-state index contributed by atoms with van der Waals surface area (Å²) in [7, 11) is 0. The lowest BCUT2D eigenvalue weighted by Crippen LogP contribution is -2.23. The zero-order valence-electron chi connectivity index (χ0n) is 10.2. The summed E-state index contributed by atoms with van der Waals surface area (Å²) in [6.45, 7) is 4.34. The number of aliphatic hydroxyl groups excluding tert-OH is 1. The summed E-state index contributed by atoms with van der Waals surface area (Å²) in [6.07, 6.45) is -0.657. The molecule has 0 fully saturated rings. The second-order valence-corrected chi connectivity index (χ2v) is 3.71. The molecule has 0 bridgehead atoms. The first kappa shape index (κ1) is 13.7. The van der Waals surface area contributed by atoms with Gasteiger partial charge in [-0.2, -0.15) is 0 Å². The van der Waals surface area contributed by atoms with Crippen LogP contribution in [0.5, 0.6) is 5.75 Å². The minimum absolute atomic E-state index is 0.00897. The molecule has 17 heavy (non-hydrogen) atoms. The molecule has 1 aromatic rings. The lowest BCUT2D eigenvalue weighted by atomic mass is 10.1. The van der Waals surface area contributed by atoms with Crippen molar-refractivity contribution in [3.63, 3.8) is 0 Å². The SMILES string of the molecule is CCOCC(O)COc1cccc(C(C)=O)c1. The summed E-state index contributed by atoms with van der Waals surface area (Å²) in [5, 5.41) is 9.50. The van der Waals surface area contributed by atoms with Crippen molar-refractivity contribution in [2.24, 2.45) is 0 Å². The first-order valence-electron chi connectivity index (χ1n) is 5.63. The average Bonchev–Trinajstić information content (AvgIpc) is 2.34. The molecule has 1 rings (SSSR count). The van der Waals surface area contributed by atoms with Crippen LogP contribution in [0.1, 0.15) is 24.2 Å². The molecule has 0 saturated heterocycles. The van der Waals surface area contributed by atoms with E-state index in [1.54, 1.807) is 24.3 Å². The Morgan fingerprint density at radius 3 is 2.82 bits per heavy atom. The van der Waals surface area contributed by atoms with Gasteiger partial charge in [0, 0.05) is 12.2 Å². The van der Waals surface area contributed by atoms with Crippen molar-refractivity contribution >= 4 is 5.78 Å². The molecule has 0 aliphatic heterocycles. The second-order valence-electron chi connectivity index (χ2n) is 3.71. The maximum absolute atomic E-state index is 11.2. The molecule has 0 spiro atoms. The lowest BCUT2D eigenvalue weighted by molar-refractivity contribution is 0.0164. The average molecular weight is 238 g/mol. The molecule has 1 unspecified atom stereocenters. The van der Waals surface area contributed by atoms with Crippen LogP contribution in [0.15, 0.2) is 24.3 Å². The summed E-state index contributed by atoms with van der Waals surface area (Å²) in [5.74, 6) is 0.568. The molecule has 0 heterocycles. The van der Waals surface area contributed by atoms with E-state index in [1.165, 1.54) is 6.92 Å². The fraction of sp³-hybridized carbons (Fsp3) is 0.462. The summed E-state index contributed by atoms with van der Waals surface area (Å²) in [5.41, 5.74) is 0.599. The molecule has 1 aromatic carbocycles. The van der Waals surface area contributed by atoms with Crippen LogP contribution in [0.2, 0.25) is 0 Å². The predicted octanol–water partition coefficient (Wildman–Crippen LogP) is 1.67. The van der Waals surface area contributed by atoms with Crippen LogP contribution >= 0.6 is 0 Å². The van der Waals surface area contributed by atoms with Gasteiger partial charge < -0.3 is 14.6 Å². The van der Waals surface area contributed by atoms with E-state index in [4.69, 9.17) is 9.47 Å². The van der Waals surface area contributed by atoms with E-state index in [1.807, 2.05) is 6.92 Å². The van der Waals surface area contributed by atoms with Gasteiger partial charge in [0.25, 0.3) is 0 Å². The fourth-order valence-corrected chi connectivity index (χ4v) is 1.30. The zero-order valence-corrected chi connectivity index (χ0v) is 10.2. The number of aliphatic hydroxyl groups is 1. The Kier molecular flexibility index (Phi) is 5.66. The number of ketones is 1. The third-order valence-electron chi connectivity index (χ3n) is 2.20. The van der Waals surface area contributed by atoms with Crippen molar-refractivity contribution in [2.75, 3.05) is 19.8 Å². The van der Waals surface area contributed by atoms with E-state index < -0.39 is 6.10 Å². The van der Waals surface area contributed by atoms with Gasteiger partial charge >= 0.3 is 0 Å². The standard InChI is InChI=1S/C13H18O4/c1-3-16-8-12(15)9-17-13-6-4-5-11(7-13)10(2)14/h4-7,12,15H,3,8-9H2,1-2H3. The molecule has 4 heteroatoms. The first-order chi connectivity index (χ1) is 8.13. The van der Waals surface area contributed by atoms with Crippen molar-refractivity contribution in [2.45, 2.75) is 20.0 Å². The van der Waals surface area contributed by atoms with Gasteiger partial charge in [-0.25, -0.2) is 0 Å². The quantitative estimate of drug-likeness (QED) is 0.734. The number of hydrogen-bond acceptors (Lipinski definition) is 4. The van der Waals surface area contributed by atoms with Crippen LogP contribution in [0.3, 0.4) is 0 Å². The van der Waals surface area contributed by atoms with Gasteiger partial charge in [0.15, 0.2) is 5.78 Å². The lowest BCUT2D eigenvalue weighted by Gasteiger charge is -2.12. The fourth-order valence-electron chi connectivity index (χ4n) is 1.30. The number of ether oxygens (including phenoxy) is 2. The minimum Gasteiger partial charge on any atom is -0.491 e. The van der Waals surface area contributed by atoms with Crippen LogP contribution in [-0.4, -0.2) is 36.8 Å². The predicted molar refractivity (Wildman–Crippen MR) is 64.4 cm³/mol. The van der Waals surface area contributed by atoms with Crippen molar-refractivity contribution in [1.29, 1.82) is 0 Å². The van der Waals surface area contributed by atoms with Crippen LogP contribution < -0.4 is 4.74 Å². The van der Waals surface area contributed by atoms with Gasteiger partial charge in [-0.3, -0.25) is 4.79 Å². The van der Waals surface area contributed by atoms with Gasteiger partial charge in [0.05, 0.1) is 6.61 Å². The van der Waals surface area contributed by atoms with E-state index in [9.17, 15) is 9.90 Å². The van der Waals surface area contributed by atoms with Crippen LogP contribution in [-0.2, 0) is 4.74 Å². The molecule has 0 amide bonds. The first-order valence-corrected chi connectivity index (χ1v) is 5.63. The Balaban J connectivity index is 2.46. The molecule has 1 N–H and O–H groups in total. The molecule has 0 aromatic heterocycles. The normalized spacial score (nSPS) is 12.2. The molecular formula is C13H18O4. The third kappa shape index (κ3) is 4.97. The molecule has 1 atom stereocenters. The van der Waals surface area contributed by atoms with Gasteiger partial charge in [-0.15, -0.1) is 0 Å². The van der Waals surface area contributed by atoms with Gasteiger partial charge in [-0.05, 0) is 26.0 Å². The highest BCUT2D eigenvalue weighted by Gasteiger charge is 2.06. The second kappa shape index (κ2) is 7.04. The zero-order chi connectivity index (χ0) is 12.7. The highest BCUT2D eigenvalue weighted by molar-refractivity contribution is 5.94. The topological polar surface area (TPSA) is 55.8 Å². The monoisotopic (exact) mass is 238 g/mol. The van der Waals surface area contributed by atoms with Crippen LogP contribution in [0.25, 0.3) is 0 Å². The molecule has 0 aliphatic rings. The summed E-state index contributed by atoms with van der Waals surface area (Å²) >= 11 is 0. The Bertz CT molecular complexity index is 362. The van der Waals surface area contributed by atoms with Crippen LogP contribution in [0, 0.1) is 0 Å². The highest BCUT2D eigenvalue weighted by atomic mass is 16.5. The van der Waals surface area contributed by atoms with E-state index >= 15 is 0 Å². The maximum atomic E-state index is 11.2. The summed E-state index contributed by atoms with van der Waals surface area (Å²) in [4.78, 5) is 11.2. The van der Waals surface area contributed by atoms with Crippen molar-refractivity contribution in [3.8, 4) is 5.75 Å². The maximum Gasteiger partial charge on any atom is 0.159 e. The van der Waals surface area contributed by atoms with Gasteiger partial charge in [-0.1, -0.05) is 12.1 Å². The number of Topliss-reactive ketones (excluding diaryl/α,β-unsaturated/α-hetero) is 1. The molecular weight excluding hydrogens is 220 g/mol. The van der Waals surface area contributed by atoms with Crippen molar-refractivity contribution < 1.29 is 19.4 Å². The Morgan fingerprint density at radius 2 is 2.18 bits per heavy atom.